The lowest BCUT2D eigenvalue weighted by Gasteiger charge is -2.23. The maximum Gasteiger partial charge on any atom is 0.146 e. The van der Waals surface area contributed by atoms with Crippen molar-refractivity contribution in [2.24, 2.45) is 0 Å². The van der Waals surface area contributed by atoms with E-state index in [-0.39, 0.29) is 5.82 Å². The van der Waals surface area contributed by atoms with Gasteiger partial charge in [0, 0.05) is 18.7 Å². The minimum absolute atomic E-state index is 0.272. The normalized spacial score (nSPS) is 15.4. The second-order valence-electron chi connectivity index (χ2n) is 4.98. The first-order valence-electron chi connectivity index (χ1n) is 6.45. The third kappa shape index (κ3) is 2.10. The fraction of sp³-hybridized carbons (Fsp3) is 0.250. The lowest BCUT2D eigenvalue weighted by Crippen LogP contribution is -2.18. The predicted octanol–water partition coefficient (Wildman–Crippen LogP) is 3.40. The van der Waals surface area contributed by atoms with Crippen LogP contribution in [0.2, 0.25) is 0 Å². The molecule has 3 heteroatoms. The molecular weight excluding hydrogens is 241 g/mol. The fourth-order valence-corrected chi connectivity index (χ4v) is 2.69. The van der Waals surface area contributed by atoms with Crippen LogP contribution in [0.5, 0.6) is 0 Å². The highest BCUT2D eigenvalue weighted by molar-refractivity contribution is 5.58. The van der Waals surface area contributed by atoms with E-state index in [1.54, 1.807) is 19.1 Å². The summed E-state index contributed by atoms with van der Waals surface area (Å²) in [5, 5.41) is 9.81. The highest BCUT2D eigenvalue weighted by Gasteiger charge is 2.24. The smallest absolute Gasteiger partial charge is 0.146 e. The Labute approximate surface area is 112 Å². The molecular formula is C16H16FNO. The van der Waals surface area contributed by atoms with Crippen LogP contribution in [0.1, 0.15) is 29.7 Å². The molecule has 0 bridgehead atoms. The second-order valence-corrected chi connectivity index (χ2v) is 4.98. The maximum absolute atomic E-state index is 14.1. The number of benzene rings is 2. The van der Waals surface area contributed by atoms with Gasteiger partial charge in [-0.05, 0) is 24.1 Å². The zero-order chi connectivity index (χ0) is 13.4. The summed E-state index contributed by atoms with van der Waals surface area (Å²) in [7, 11) is 0. The fourth-order valence-electron chi connectivity index (χ4n) is 2.69. The van der Waals surface area contributed by atoms with Gasteiger partial charge in [0.05, 0.1) is 11.8 Å². The zero-order valence-corrected chi connectivity index (χ0v) is 10.8. The Morgan fingerprint density at radius 3 is 2.26 bits per heavy atom. The van der Waals surface area contributed by atoms with Gasteiger partial charge in [0.25, 0.3) is 0 Å². The number of anilines is 1. The van der Waals surface area contributed by atoms with E-state index in [2.05, 4.69) is 12.1 Å². The van der Waals surface area contributed by atoms with Crippen LogP contribution in [0.3, 0.4) is 0 Å². The predicted molar refractivity (Wildman–Crippen MR) is 73.4 cm³/mol. The molecule has 0 fully saturated rings. The van der Waals surface area contributed by atoms with Crippen molar-refractivity contribution in [3.05, 3.63) is 65.0 Å². The molecule has 0 spiro atoms. The van der Waals surface area contributed by atoms with E-state index in [0.29, 0.717) is 24.3 Å². The molecule has 0 saturated carbocycles. The van der Waals surface area contributed by atoms with Crippen LogP contribution in [0.25, 0.3) is 0 Å². The number of hydrogen-bond acceptors (Lipinski definition) is 2. The third-order valence-corrected chi connectivity index (χ3v) is 3.63. The van der Waals surface area contributed by atoms with E-state index in [1.165, 1.54) is 17.2 Å². The van der Waals surface area contributed by atoms with Crippen LogP contribution in [0.15, 0.2) is 42.5 Å². The molecule has 3 rings (SSSR count). The summed E-state index contributed by atoms with van der Waals surface area (Å²) in [5.41, 5.74) is 3.62. The van der Waals surface area contributed by atoms with Crippen LogP contribution in [-0.2, 0) is 13.1 Å². The van der Waals surface area contributed by atoms with Gasteiger partial charge >= 0.3 is 0 Å². The van der Waals surface area contributed by atoms with Crippen molar-refractivity contribution in [3.8, 4) is 0 Å². The van der Waals surface area contributed by atoms with Gasteiger partial charge in [-0.1, -0.05) is 36.4 Å². The van der Waals surface area contributed by atoms with Crippen molar-refractivity contribution >= 4 is 5.69 Å². The molecule has 1 heterocycles. The van der Waals surface area contributed by atoms with Crippen LogP contribution >= 0.6 is 0 Å². The van der Waals surface area contributed by atoms with Crippen molar-refractivity contribution in [3.63, 3.8) is 0 Å². The Bertz CT molecular complexity index is 584. The number of fused-ring (bicyclic) bond motifs is 1. The summed E-state index contributed by atoms with van der Waals surface area (Å²) in [6.07, 6.45) is -0.672. The third-order valence-electron chi connectivity index (χ3n) is 3.63. The monoisotopic (exact) mass is 257 g/mol. The largest absolute Gasteiger partial charge is 0.389 e. The topological polar surface area (TPSA) is 23.5 Å². The first kappa shape index (κ1) is 12.2. The Morgan fingerprint density at radius 1 is 1.05 bits per heavy atom. The molecule has 2 aromatic carbocycles. The molecule has 2 nitrogen and oxygen atoms in total. The molecule has 0 aromatic heterocycles. The number of hydrogen-bond donors (Lipinski definition) is 1. The molecule has 2 aromatic rings. The highest BCUT2D eigenvalue weighted by Crippen LogP contribution is 2.35. The summed E-state index contributed by atoms with van der Waals surface area (Å²) in [4.78, 5) is 1.99. The Balaban J connectivity index is 2.01. The van der Waals surface area contributed by atoms with Crippen molar-refractivity contribution in [1.82, 2.24) is 0 Å². The molecule has 0 aliphatic carbocycles. The molecule has 0 unspecified atom stereocenters. The Morgan fingerprint density at radius 2 is 1.68 bits per heavy atom. The van der Waals surface area contributed by atoms with Gasteiger partial charge in [0.1, 0.15) is 5.82 Å². The summed E-state index contributed by atoms with van der Waals surface area (Å²) < 4.78 is 14.1. The van der Waals surface area contributed by atoms with Crippen LogP contribution in [0.4, 0.5) is 10.1 Å². The summed E-state index contributed by atoms with van der Waals surface area (Å²) >= 11 is 0. The molecule has 19 heavy (non-hydrogen) atoms. The van der Waals surface area contributed by atoms with Gasteiger partial charge in [0.2, 0.25) is 0 Å². The van der Waals surface area contributed by atoms with Crippen molar-refractivity contribution < 1.29 is 9.50 Å². The first-order chi connectivity index (χ1) is 9.16. The average Bonchev–Trinajstić information content (AvgIpc) is 2.81. The highest BCUT2D eigenvalue weighted by atomic mass is 19.1. The standard InChI is InChI=1S/C16H16FNO/c1-11(19)14-7-4-8-15(17)16(14)18-9-12-5-2-3-6-13(12)10-18/h2-8,11,19H,9-10H2,1H3/t11-/m0/s1. The molecule has 1 N–H and O–H groups in total. The lowest BCUT2D eigenvalue weighted by atomic mass is 10.1. The van der Waals surface area contributed by atoms with Crippen molar-refractivity contribution in [2.75, 3.05) is 4.90 Å². The number of nitrogens with zero attached hydrogens (tertiary/aromatic N) is 1. The number of aliphatic hydroxyl groups is 1. The minimum atomic E-state index is -0.672. The molecule has 98 valence electrons. The molecule has 1 aliphatic heterocycles. The van der Waals surface area contributed by atoms with E-state index in [1.807, 2.05) is 17.0 Å². The minimum Gasteiger partial charge on any atom is -0.389 e. The quantitative estimate of drug-likeness (QED) is 0.891. The van der Waals surface area contributed by atoms with Crippen molar-refractivity contribution in [2.45, 2.75) is 26.1 Å². The number of para-hydroxylation sites is 1. The first-order valence-corrected chi connectivity index (χ1v) is 6.45. The lowest BCUT2D eigenvalue weighted by molar-refractivity contribution is 0.199. The van der Waals surface area contributed by atoms with E-state index in [4.69, 9.17) is 0 Å². The zero-order valence-electron chi connectivity index (χ0n) is 10.8. The number of rotatable bonds is 2. The molecule has 1 atom stereocenters. The van der Waals surface area contributed by atoms with Gasteiger partial charge in [-0.3, -0.25) is 0 Å². The summed E-state index contributed by atoms with van der Waals surface area (Å²) in [6.45, 7) is 3.05. The average molecular weight is 257 g/mol. The number of halogens is 1. The molecule has 0 saturated heterocycles. The van der Waals surface area contributed by atoms with E-state index in [9.17, 15) is 9.50 Å². The van der Waals surface area contributed by atoms with Crippen LogP contribution in [0, 0.1) is 5.82 Å². The summed E-state index contributed by atoms with van der Waals surface area (Å²) in [5.74, 6) is -0.272. The van der Waals surface area contributed by atoms with Gasteiger partial charge in [-0.15, -0.1) is 0 Å². The van der Waals surface area contributed by atoms with Gasteiger partial charge in [-0.25, -0.2) is 4.39 Å². The Kier molecular flexibility index (Phi) is 2.99. The Hall–Kier alpha value is -1.87. The second kappa shape index (κ2) is 4.67. The van der Waals surface area contributed by atoms with Gasteiger partial charge in [0.15, 0.2) is 0 Å². The molecule has 0 amide bonds. The van der Waals surface area contributed by atoms with E-state index < -0.39 is 6.10 Å². The number of aliphatic hydroxyl groups excluding tert-OH is 1. The van der Waals surface area contributed by atoms with E-state index >= 15 is 0 Å². The van der Waals surface area contributed by atoms with Gasteiger partial charge in [-0.2, -0.15) is 0 Å². The van der Waals surface area contributed by atoms with E-state index in [0.717, 1.165) is 0 Å². The van der Waals surface area contributed by atoms with Crippen LogP contribution in [-0.4, -0.2) is 5.11 Å². The SMILES string of the molecule is C[C@H](O)c1cccc(F)c1N1Cc2ccccc2C1. The van der Waals surface area contributed by atoms with Crippen molar-refractivity contribution in [1.29, 1.82) is 0 Å². The van der Waals surface area contributed by atoms with Gasteiger partial charge < -0.3 is 10.0 Å². The van der Waals surface area contributed by atoms with Crippen LogP contribution < -0.4 is 4.90 Å². The molecule has 0 radical (unpaired) electrons. The molecule has 1 aliphatic rings. The maximum atomic E-state index is 14.1. The summed E-state index contributed by atoms with van der Waals surface area (Å²) in [6, 6.07) is 13.0.